The Labute approximate surface area is 266 Å². The summed E-state index contributed by atoms with van der Waals surface area (Å²) in [6, 6.07) is 22.7. The molecule has 4 heterocycles. The Bertz CT molecular complexity index is 1430. The molecule has 2 bridgehead atoms. The van der Waals surface area contributed by atoms with Crippen LogP contribution >= 0.6 is 0 Å². The van der Waals surface area contributed by atoms with Crippen LogP contribution in [0.3, 0.4) is 0 Å². The minimum absolute atomic E-state index is 0. The zero-order valence-electron chi connectivity index (χ0n) is 25.7. The molecular formula is C36H43ClF2N2O3. The zero-order valence-corrected chi connectivity index (χ0v) is 26.5. The first kappa shape index (κ1) is 32.4. The molecule has 0 N–H and O–H groups in total. The van der Waals surface area contributed by atoms with E-state index in [1.807, 2.05) is 43.0 Å². The number of fused-ring (bicyclic) bond motifs is 3. The SMILES string of the molecule is CC(C)Oc1cccc(CC(=O)N2CCOC(CC[N+]34CCC(c5ccccc5)(CC3)CC4)(c3ccc(F)c(F)c3)C2)c1.[Cl-]. The summed E-state index contributed by atoms with van der Waals surface area (Å²) >= 11 is 0. The Balaban J connectivity index is 0.00000384. The molecule has 8 heteroatoms. The van der Waals surface area contributed by atoms with Gasteiger partial charge < -0.3 is 31.3 Å². The van der Waals surface area contributed by atoms with Gasteiger partial charge in [0.2, 0.25) is 5.91 Å². The van der Waals surface area contributed by atoms with Crippen molar-refractivity contribution in [2.75, 3.05) is 45.9 Å². The van der Waals surface area contributed by atoms with Crippen LogP contribution in [-0.2, 0) is 27.0 Å². The van der Waals surface area contributed by atoms with Crippen molar-refractivity contribution >= 4 is 5.91 Å². The highest BCUT2D eigenvalue weighted by Gasteiger charge is 2.51. The lowest BCUT2D eigenvalue weighted by molar-refractivity contribution is -0.944. The van der Waals surface area contributed by atoms with Crippen molar-refractivity contribution in [2.45, 2.75) is 63.1 Å². The molecular weight excluding hydrogens is 582 g/mol. The Morgan fingerprint density at radius 3 is 2.34 bits per heavy atom. The number of rotatable bonds is 9. The van der Waals surface area contributed by atoms with Gasteiger partial charge in [-0.2, -0.15) is 0 Å². The van der Waals surface area contributed by atoms with E-state index in [9.17, 15) is 13.6 Å². The molecule has 4 aliphatic rings. The normalized spacial score (nSPS) is 26.3. The lowest BCUT2D eigenvalue weighted by Crippen LogP contribution is -3.00. The van der Waals surface area contributed by atoms with Crippen molar-refractivity contribution in [3.63, 3.8) is 0 Å². The predicted octanol–water partition coefficient (Wildman–Crippen LogP) is 3.40. The summed E-state index contributed by atoms with van der Waals surface area (Å²) in [6.07, 6.45) is 4.38. The van der Waals surface area contributed by atoms with Gasteiger partial charge in [0.05, 0.1) is 51.9 Å². The highest BCUT2D eigenvalue weighted by molar-refractivity contribution is 5.79. The Hall–Kier alpha value is -3.00. The van der Waals surface area contributed by atoms with E-state index in [1.165, 1.54) is 17.7 Å². The van der Waals surface area contributed by atoms with E-state index in [-0.39, 0.29) is 36.3 Å². The Kier molecular flexibility index (Phi) is 9.69. The highest BCUT2D eigenvalue weighted by Crippen LogP contribution is 2.47. The molecule has 4 fully saturated rings. The van der Waals surface area contributed by atoms with Crippen LogP contribution in [0.2, 0.25) is 0 Å². The van der Waals surface area contributed by atoms with E-state index in [1.54, 1.807) is 6.07 Å². The van der Waals surface area contributed by atoms with Crippen molar-refractivity contribution in [3.8, 4) is 5.75 Å². The molecule has 4 saturated heterocycles. The predicted molar refractivity (Wildman–Crippen MR) is 163 cm³/mol. The molecule has 236 valence electrons. The van der Waals surface area contributed by atoms with Crippen LogP contribution in [0.15, 0.2) is 72.8 Å². The molecule has 0 spiro atoms. The van der Waals surface area contributed by atoms with Gasteiger partial charge in [0.15, 0.2) is 11.6 Å². The monoisotopic (exact) mass is 624 g/mol. The Morgan fingerprint density at radius 1 is 0.932 bits per heavy atom. The lowest BCUT2D eigenvalue weighted by Gasteiger charge is -2.56. The maximum Gasteiger partial charge on any atom is 0.227 e. The lowest BCUT2D eigenvalue weighted by atomic mass is 9.66. The number of carbonyl (C=O) groups is 1. The topological polar surface area (TPSA) is 38.8 Å². The summed E-state index contributed by atoms with van der Waals surface area (Å²) in [5.74, 6) is -1.03. The minimum Gasteiger partial charge on any atom is -1.00 e. The van der Waals surface area contributed by atoms with E-state index >= 15 is 0 Å². The molecule has 7 rings (SSSR count). The molecule has 0 aliphatic carbocycles. The summed E-state index contributed by atoms with van der Waals surface area (Å²) in [5, 5.41) is 0. The van der Waals surface area contributed by atoms with Crippen molar-refractivity contribution in [2.24, 2.45) is 0 Å². The fourth-order valence-corrected chi connectivity index (χ4v) is 7.58. The second kappa shape index (κ2) is 13.2. The van der Waals surface area contributed by atoms with Gasteiger partial charge in [0, 0.05) is 37.6 Å². The van der Waals surface area contributed by atoms with Gasteiger partial charge in [-0.1, -0.05) is 48.5 Å². The van der Waals surface area contributed by atoms with Crippen LogP contribution in [0.4, 0.5) is 8.78 Å². The average Bonchev–Trinajstić information content (AvgIpc) is 3.03. The standard InChI is InChI=1S/C36H43F2N2O3.ClH/c1-27(2)43-31-10-6-7-28(23-31)24-34(41)39-17-22-42-36(26-39,30-11-12-32(37)33(38)25-30)16-21-40-18-13-35(14-19-40,15-20-40)29-8-4-3-5-9-29;/h3-12,23,25,27H,13-22,24,26H2,1-2H3;1H/q+1;/p-1. The second-order valence-electron chi connectivity index (χ2n) is 13.2. The Morgan fingerprint density at radius 2 is 1.66 bits per heavy atom. The number of hydrogen-bond donors (Lipinski definition) is 0. The first-order valence-electron chi connectivity index (χ1n) is 15.7. The highest BCUT2D eigenvalue weighted by atomic mass is 35.5. The third-order valence-electron chi connectivity index (χ3n) is 10.2. The average molecular weight is 625 g/mol. The molecule has 3 aromatic rings. The smallest absolute Gasteiger partial charge is 0.227 e. The maximum atomic E-state index is 14.6. The fraction of sp³-hybridized carbons (Fsp3) is 0.472. The van der Waals surface area contributed by atoms with Crippen LogP contribution in [0.25, 0.3) is 0 Å². The van der Waals surface area contributed by atoms with E-state index in [0.717, 1.165) is 61.2 Å². The quantitative estimate of drug-likeness (QED) is 0.343. The first-order chi connectivity index (χ1) is 20.7. The van der Waals surface area contributed by atoms with Gasteiger partial charge in [-0.3, -0.25) is 4.79 Å². The van der Waals surface area contributed by atoms with Gasteiger partial charge >= 0.3 is 0 Å². The van der Waals surface area contributed by atoms with Crippen LogP contribution in [-0.4, -0.2) is 67.3 Å². The molecule has 0 aromatic heterocycles. The van der Waals surface area contributed by atoms with Gasteiger partial charge in [0.1, 0.15) is 11.4 Å². The minimum atomic E-state index is -0.899. The zero-order chi connectivity index (χ0) is 30.1. The number of morpholine rings is 1. The summed E-state index contributed by atoms with van der Waals surface area (Å²) < 4.78 is 42.0. The van der Waals surface area contributed by atoms with Gasteiger partial charge in [0.25, 0.3) is 0 Å². The summed E-state index contributed by atoms with van der Waals surface area (Å²) in [5.41, 5.74) is 2.30. The molecule has 0 saturated carbocycles. The van der Waals surface area contributed by atoms with Crippen molar-refractivity contribution in [1.29, 1.82) is 0 Å². The van der Waals surface area contributed by atoms with Crippen LogP contribution < -0.4 is 17.1 Å². The third kappa shape index (κ3) is 6.65. The number of amides is 1. The molecule has 0 radical (unpaired) electrons. The van der Waals surface area contributed by atoms with Gasteiger partial charge in [-0.15, -0.1) is 0 Å². The van der Waals surface area contributed by atoms with Crippen LogP contribution in [0.1, 0.15) is 56.2 Å². The van der Waals surface area contributed by atoms with Crippen molar-refractivity contribution in [3.05, 3.63) is 101 Å². The fourth-order valence-electron chi connectivity index (χ4n) is 7.58. The number of carbonyl (C=O) groups excluding carboxylic acids is 1. The van der Waals surface area contributed by atoms with E-state index < -0.39 is 17.2 Å². The van der Waals surface area contributed by atoms with Crippen LogP contribution in [0, 0.1) is 11.6 Å². The molecule has 5 nitrogen and oxygen atoms in total. The molecule has 1 atom stereocenters. The van der Waals surface area contributed by atoms with Gasteiger partial charge in [-0.25, -0.2) is 8.78 Å². The number of halogens is 3. The number of benzene rings is 3. The summed E-state index contributed by atoms with van der Waals surface area (Å²) in [7, 11) is 0. The van der Waals surface area contributed by atoms with Crippen molar-refractivity contribution < 1.29 is 39.9 Å². The summed E-state index contributed by atoms with van der Waals surface area (Å²) in [4.78, 5) is 15.5. The van der Waals surface area contributed by atoms with Crippen molar-refractivity contribution in [1.82, 2.24) is 4.90 Å². The number of nitrogens with zero attached hydrogens (tertiary/aromatic N) is 2. The molecule has 4 aliphatic heterocycles. The van der Waals surface area contributed by atoms with E-state index in [4.69, 9.17) is 9.47 Å². The first-order valence-corrected chi connectivity index (χ1v) is 15.7. The largest absolute Gasteiger partial charge is 1.00 e. The number of ether oxygens (including phenoxy) is 2. The summed E-state index contributed by atoms with van der Waals surface area (Å²) in [6.45, 7) is 9.24. The third-order valence-corrected chi connectivity index (χ3v) is 10.2. The van der Waals surface area contributed by atoms with E-state index in [0.29, 0.717) is 31.7 Å². The molecule has 1 amide bonds. The molecule has 44 heavy (non-hydrogen) atoms. The van der Waals surface area contributed by atoms with Crippen LogP contribution in [0.5, 0.6) is 5.75 Å². The van der Waals surface area contributed by atoms with E-state index in [2.05, 4.69) is 30.3 Å². The number of hydrogen-bond acceptors (Lipinski definition) is 3. The maximum absolute atomic E-state index is 14.6. The number of quaternary nitrogens is 1. The van der Waals surface area contributed by atoms with Gasteiger partial charge in [-0.05, 0) is 54.8 Å². The second-order valence-corrected chi connectivity index (χ2v) is 13.2. The molecule has 3 aromatic carbocycles. The molecule has 1 unspecified atom stereocenters. The number of piperidine rings is 3.